The van der Waals surface area contributed by atoms with E-state index < -0.39 is 0 Å². The van der Waals surface area contributed by atoms with Gasteiger partial charge in [-0.3, -0.25) is 4.90 Å². The van der Waals surface area contributed by atoms with Gasteiger partial charge in [-0.25, -0.2) is 0 Å². The van der Waals surface area contributed by atoms with Gasteiger partial charge >= 0.3 is 0 Å². The molecule has 0 bridgehead atoms. The van der Waals surface area contributed by atoms with Crippen LogP contribution >= 0.6 is 24.8 Å². The molecule has 1 aliphatic carbocycles. The zero-order valence-corrected chi connectivity index (χ0v) is 14.2. The fraction of sp³-hybridized carbons (Fsp3) is 0.625. The Kier molecular flexibility index (Phi) is 7.82. The fourth-order valence-corrected chi connectivity index (χ4v) is 3.01. The van der Waals surface area contributed by atoms with Crippen molar-refractivity contribution in [2.75, 3.05) is 33.3 Å². The average Bonchev–Trinajstić information content (AvgIpc) is 3.30. The van der Waals surface area contributed by atoms with Crippen LogP contribution in [0.2, 0.25) is 0 Å². The fourth-order valence-electron chi connectivity index (χ4n) is 3.01. The molecule has 1 heterocycles. The molecule has 1 atom stereocenters. The molecule has 3 nitrogen and oxygen atoms in total. The Labute approximate surface area is 140 Å². The number of hydrogen-bond acceptors (Lipinski definition) is 3. The first-order valence-electron chi connectivity index (χ1n) is 7.45. The molecule has 0 aromatic heterocycles. The second-order valence-corrected chi connectivity index (χ2v) is 5.76. The van der Waals surface area contributed by atoms with Crippen LogP contribution in [0, 0.1) is 5.92 Å². The third kappa shape index (κ3) is 5.03. The Bertz CT molecular complexity index is 420. The molecule has 21 heavy (non-hydrogen) atoms. The smallest absolute Gasteiger partial charge is 0.119 e. The van der Waals surface area contributed by atoms with Crippen molar-refractivity contribution in [3.05, 3.63) is 29.8 Å². The Balaban J connectivity index is 0.00000110. The minimum Gasteiger partial charge on any atom is -0.497 e. The van der Waals surface area contributed by atoms with E-state index in [0.29, 0.717) is 6.04 Å². The molecule has 0 radical (unpaired) electrons. The number of hydrogen-bond donors (Lipinski definition) is 1. The summed E-state index contributed by atoms with van der Waals surface area (Å²) in [4.78, 5) is 2.64. The van der Waals surface area contributed by atoms with Crippen molar-refractivity contribution in [2.24, 2.45) is 5.92 Å². The maximum atomic E-state index is 5.38. The van der Waals surface area contributed by atoms with E-state index in [-0.39, 0.29) is 24.8 Å². The normalized spacial score (nSPS) is 20.0. The van der Waals surface area contributed by atoms with Crippen LogP contribution in [0.1, 0.15) is 30.9 Å². The van der Waals surface area contributed by atoms with Gasteiger partial charge in [0.2, 0.25) is 0 Å². The van der Waals surface area contributed by atoms with Crippen molar-refractivity contribution in [3.63, 3.8) is 0 Å². The summed E-state index contributed by atoms with van der Waals surface area (Å²) in [6, 6.07) is 9.21. The van der Waals surface area contributed by atoms with Crippen LogP contribution in [0.15, 0.2) is 24.3 Å². The van der Waals surface area contributed by atoms with Gasteiger partial charge < -0.3 is 10.1 Å². The van der Waals surface area contributed by atoms with Gasteiger partial charge in [-0.15, -0.1) is 24.8 Å². The molecule has 1 aliphatic heterocycles. The molecule has 120 valence electrons. The molecular weight excluding hydrogens is 307 g/mol. The van der Waals surface area contributed by atoms with Crippen LogP contribution in [-0.4, -0.2) is 38.2 Å². The number of ether oxygens (including phenoxy) is 1. The number of piperazine rings is 1. The molecule has 1 saturated carbocycles. The Hall–Kier alpha value is -0.480. The van der Waals surface area contributed by atoms with Crippen molar-refractivity contribution in [3.8, 4) is 5.75 Å². The first-order valence-corrected chi connectivity index (χ1v) is 7.45. The lowest BCUT2D eigenvalue weighted by Crippen LogP contribution is -2.45. The molecule has 1 aromatic carbocycles. The maximum Gasteiger partial charge on any atom is 0.119 e. The lowest BCUT2D eigenvalue weighted by Gasteiger charge is -2.35. The molecule has 1 aromatic rings. The van der Waals surface area contributed by atoms with Crippen LogP contribution in [0.3, 0.4) is 0 Å². The second-order valence-electron chi connectivity index (χ2n) is 5.76. The van der Waals surface area contributed by atoms with Crippen LogP contribution < -0.4 is 10.1 Å². The molecule has 2 aliphatic rings. The van der Waals surface area contributed by atoms with Crippen LogP contribution in [0.25, 0.3) is 0 Å². The highest BCUT2D eigenvalue weighted by molar-refractivity contribution is 5.85. The van der Waals surface area contributed by atoms with E-state index in [2.05, 4.69) is 28.4 Å². The van der Waals surface area contributed by atoms with E-state index >= 15 is 0 Å². The van der Waals surface area contributed by atoms with Crippen molar-refractivity contribution < 1.29 is 4.74 Å². The highest BCUT2D eigenvalue weighted by Crippen LogP contribution is 2.40. The molecule has 1 N–H and O–H groups in total. The van der Waals surface area contributed by atoms with Gasteiger partial charge in [0.15, 0.2) is 0 Å². The highest BCUT2D eigenvalue weighted by Gasteiger charge is 2.30. The van der Waals surface area contributed by atoms with Crippen molar-refractivity contribution in [1.29, 1.82) is 0 Å². The number of nitrogens with zero attached hydrogens (tertiary/aromatic N) is 1. The van der Waals surface area contributed by atoms with Crippen LogP contribution in [-0.2, 0) is 0 Å². The number of halogens is 2. The average molecular weight is 333 g/mol. The van der Waals surface area contributed by atoms with E-state index in [9.17, 15) is 0 Å². The van der Waals surface area contributed by atoms with E-state index in [4.69, 9.17) is 4.74 Å². The van der Waals surface area contributed by atoms with Crippen LogP contribution in [0.4, 0.5) is 0 Å². The second kappa shape index (κ2) is 8.84. The minimum absolute atomic E-state index is 0. The Morgan fingerprint density at radius 3 is 2.57 bits per heavy atom. The number of benzene rings is 1. The van der Waals surface area contributed by atoms with Gasteiger partial charge in [0.05, 0.1) is 7.11 Å². The largest absolute Gasteiger partial charge is 0.497 e. The molecule has 1 saturated heterocycles. The van der Waals surface area contributed by atoms with E-state index in [1.165, 1.54) is 24.8 Å². The van der Waals surface area contributed by atoms with E-state index in [1.807, 2.05) is 6.07 Å². The lowest BCUT2D eigenvalue weighted by atomic mass is 9.98. The van der Waals surface area contributed by atoms with E-state index in [0.717, 1.165) is 37.8 Å². The third-order valence-corrected chi connectivity index (χ3v) is 4.32. The van der Waals surface area contributed by atoms with Gasteiger partial charge in [-0.2, -0.15) is 0 Å². The van der Waals surface area contributed by atoms with Crippen molar-refractivity contribution in [1.82, 2.24) is 10.2 Å². The number of nitrogens with one attached hydrogen (secondary N) is 1. The monoisotopic (exact) mass is 332 g/mol. The van der Waals surface area contributed by atoms with Gasteiger partial charge in [-0.05, 0) is 30.0 Å². The Morgan fingerprint density at radius 1 is 1.24 bits per heavy atom. The van der Waals surface area contributed by atoms with Crippen molar-refractivity contribution in [2.45, 2.75) is 25.3 Å². The number of methoxy groups -OCH3 is 1. The first-order chi connectivity index (χ1) is 9.36. The summed E-state index contributed by atoms with van der Waals surface area (Å²) in [5.74, 6) is 1.93. The lowest BCUT2D eigenvalue weighted by molar-refractivity contribution is 0.160. The minimum atomic E-state index is 0. The molecule has 0 spiro atoms. The predicted molar refractivity (Wildman–Crippen MR) is 92.0 cm³/mol. The summed E-state index contributed by atoms with van der Waals surface area (Å²) in [5, 5.41) is 3.45. The van der Waals surface area contributed by atoms with Gasteiger partial charge in [0, 0.05) is 32.2 Å². The molecule has 0 amide bonds. The standard InChI is InChI=1S/C16H24N2O.2ClH/c1-19-15-4-2-3-14(12-15)16(11-13-5-6-13)18-9-7-17-8-10-18;;/h2-4,12-13,16-17H,5-11H2,1H3;2*1H/t16-;;/m1../s1. The first kappa shape index (κ1) is 18.6. The summed E-state index contributed by atoms with van der Waals surface area (Å²) >= 11 is 0. The summed E-state index contributed by atoms with van der Waals surface area (Å²) in [6.07, 6.45) is 4.16. The molecule has 5 heteroatoms. The molecule has 0 unspecified atom stereocenters. The maximum absolute atomic E-state index is 5.38. The summed E-state index contributed by atoms with van der Waals surface area (Å²) < 4.78 is 5.38. The summed E-state index contributed by atoms with van der Waals surface area (Å²) in [5.41, 5.74) is 1.42. The zero-order valence-electron chi connectivity index (χ0n) is 12.6. The molecule has 3 rings (SSSR count). The van der Waals surface area contributed by atoms with Gasteiger partial charge in [-0.1, -0.05) is 25.0 Å². The number of rotatable bonds is 5. The zero-order chi connectivity index (χ0) is 13.1. The van der Waals surface area contributed by atoms with Gasteiger partial charge in [0.1, 0.15) is 5.75 Å². The SMILES string of the molecule is COc1cccc([C@@H](CC2CC2)N2CCNCC2)c1.Cl.Cl. The predicted octanol–water partition coefficient (Wildman–Crippen LogP) is 3.29. The van der Waals surface area contributed by atoms with Gasteiger partial charge in [0.25, 0.3) is 0 Å². The van der Waals surface area contributed by atoms with Crippen molar-refractivity contribution >= 4 is 24.8 Å². The Morgan fingerprint density at radius 2 is 1.95 bits per heavy atom. The molecule has 2 fully saturated rings. The van der Waals surface area contributed by atoms with E-state index in [1.54, 1.807) is 7.11 Å². The topological polar surface area (TPSA) is 24.5 Å². The third-order valence-electron chi connectivity index (χ3n) is 4.32. The van der Waals surface area contributed by atoms with Crippen LogP contribution in [0.5, 0.6) is 5.75 Å². The quantitative estimate of drug-likeness (QED) is 0.895. The molecular formula is C16H26Cl2N2O. The summed E-state index contributed by atoms with van der Waals surface area (Å²) in [7, 11) is 1.75. The highest BCUT2D eigenvalue weighted by atomic mass is 35.5. The summed E-state index contributed by atoms with van der Waals surface area (Å²) in [6.45, 7) is 4.56.